The number of nitrogens with one attached hydrogen (secondary N) is 1. The predicted octanol–water partition coefficient (Wildman–Crippen LogP) is 3.01. The second-order valence-electron chi connectivity index (χ2n) is 5.59. The Hall–Kier alpha value is -1.86. The van der Waals surface area contributed by atoms with Crippen molar-refractivity contribution >= 4 is 25.5 Å². The third-order valence-electron chi connectivity index (χ3n) is 3.37. The van der Waals surface area contributed by atoms with Gasteiger partial charge < -0.3 is 0 Å². The first-order valence-corrected chi connectivity index (χ1v) is 10.4. The number of rotatable bonds is 5. The molecule has 0 aliphatic heterocycles. The zero-order chi connectivity index (χ0) is 17.3. The van der Waals surface area contributed by atoms with Crippen LogP contribution in [0.25, 0.3) is 0 Å². The maximum atomic E-state index is 12.5. The highest BCUT2D eigenvalue weighted by atomic mass is 32.2. The monoisotopic (exact) mass is 353 g/mol. The van der Waals surface area contributed by atoms with E-state index in [0.717, 1.165) is 17.9 Å². The summed E-state index contributed by atoms with van der Waals surface area (Å²) in [5.74, 6) is 0.149. The van der Waals surface area contributed by atoms with Crippen molar-refractivity contribution in [3.05, 3.63) is 54.1 Å². The minimum Gasteiger partial charge on any atom is -0.279 e. The molecule has 2 aromatic carbocycles. The molecular formula is C16H19NO4S2. The van der Waals surface area contributed by atoms with Gasteiger partial charge in [0.1, 0.15) is 0 Å². The quantitative estimate of drug-likeness (QED) is 0.896. The predicted molar refractivity (Wildman–Crippen MR) is 90.9 cm³/mol. The van der Waals surface area contributed by atoms with Gasteiger partial charge in [-0.1, -0.05) is 38.1 Å². The van der Waals surface area contributed by atoms with Crippen LogP contribution in [0.15, 0.2) is 58.3 Å². The lowest BCUT2D eigenvalue weighted by molar-refractivity contribution is 0.599. The van der Waals surface area contributed by atoms with Gasteiger partial charge in [0.2, 0.25) is 0 Å². The molecule has 0 aliphatic rings. The van der Waals surface area contributed by atoms with E-state index in [0.29, 0.717) is 5.69 Å². The average molecular weight is 353 g/mol. The molecule has 2 rings (SSSR count). The lowest BCUT2D eigenvalue weighted by Gasteiger charge is -2.15. The summed E-state index contributed by atoms with van der Waals surface area (Å²) in [7, 11) is -7.34. The first kappa shape index (κ1) is 17.5. The molecule has 0 amide bonds. The van der Waals surface area contributed by atoms with E-state index in [1.54, 1.807) is 12.1 Å². The third-order valence-corrected chi connectivity index (χ3v) is 5.84. The molecular weight excluding hydrogens is 334 g/mol. The van der Waals surface area contributed by atoms with Crippen LogP contribution in [-0.4, -0.2) is 23.1 Å². The van der Waals surface area contributed by atoms with Gasteiger partial charge in [0.15, 0.2) is 9.84 Å². The molecule has 0 bridgehead atoms. The summed E-state index contributed by atoms with van der Waals surface area (Å²) in [4.78, 5) is -0.114. The first-order chi connectivity index (χ1) is 10.6. The molecule has 0 aromatic heterocycles. The molecule has 7 heteroatoms. The number of hydrogen-bond acceptors (Lipinski definition) is 4. The topological polar surface area (TPSA) is 80.3 Å². The van der Waals surface area contributed by atoms with E-state index in [2.05, 4.69) is 4.72 Å². The Morgan fingerprint density at radius 1 is 0.870 bits per heavy atom. The number of sulfone groups is 1. The van der Waals surface area contributed by atoms with Crippen LogP contribution < -0.4 is 4.72 Å². The molecule has 0 aliphatic carbocycles. The van der Waals surface area contributed by atoms with Gasteiger partial charge in [-0.15, -0.1) is 0 Å². The number of anilines is 1. The molecule has 0 radical (unpaired) electrons. The fourth-order valence-corrected chi connectivity index (χ4v) is 4.04. The molecule has 0 fully saturated rings. The van der Waals surface area contributed by atoms with Crippen molar-refractivity contribution in [2.75, 3.05) is 11.0 Å². The minimum atomic E-state index is -3.87. The Labute approximate surface area is 137 Å². The summed E-state index contributed by atoms with van der Waals surface area (Å²) in [5.41, 5.74) is 1.36. The molecule has 0 spiro atoms. The second-order valence-corrected chi connectivity index (χ2v) is 9.29. The van der Waals surface area contributed by atoms with Crippen LogP contribution >= 0.6 is 0 Å². The van der Waals surface area contributed by atoms with Gasteiger partial charge in [0.25, 0.3) is 10.0 Å². The van der Waals surface area contributed by atoms with Gasteiger partial charge in [0, 0.05) is 6.26 Å². The lowest BCUT2D eigenvalue weighted by atomic mass is 10.0. The Morgan fingerprint density at radius 3 is 2.09 bits per heavy atom. The number of hydrogen-bond donors (Lipinski definition) is 1. The van der Waals surface area contributed by atoms with E-state index in [4.69, 9.17) is 0 Å². The number of para-hydroxylation sites is 1. The Balaban J connectivity index is 2.45. The van der Waals surface area contributed by atoms with E-state index in [9.17, 15) is 16.8 Å². The van der Waals surface area contributed by atoms with Crippen molar-refractivity contribution in [3.63, 3.8) is 0 Å². The van der Waals surface area contributed by atoms with Crippen molar-refractivity contribution in [1.29, 1.82) is 0 Å². The molecule has 2 aromatic rings. The van der Waals surface area contributed by atoms with E-state index in [-0.39, 0.29) is 15.7 Å². The zero-order valence-corrected chi connectivity index (χ0v) is 14.8. The van der Waals surface area contributed by atoms with E-state index in [1.165, 1.54) is 18.2 Å². The van der Waals surface area contributed by atoms with Crippen LogP contribution in [0.4, 0.5) is 5.69 Å². The summed E-state index contributed by atoms with van der Waals surface area (Å²) in [6.07, 6.45) is 1.04. The molecule has 124 valence electrons. The second kappa shape index (κ2) is 6.33. The highest BCUT2D eigenvalue weighted by Crippen LogP contribution is 2.26. The zero-order valence-electron chi connectivity index (χ0n) is 13.1. The van der Waals surface area contributed by atoms with Crippen LogP contribution in [0.5, 0.6) is 0 Å². The summed E-state index contributed by atoms with van der Waals surface area (Å²) in [5, 5.41) is 0. The molecule has 23 heavy (non-hydrogen) atoms. The SMILES string of the molecule is CC(C)c1ccccc1NS(=O)(=O)c1cccc(S(C)(=O)=O)c1. The molecule has 0 saturated heterocycles. The minimum absolute atomic E-state index is 0.0301. The summed E-state index contributed by atoms with van der Waals surface area (Å²) in [6, 6.07) is 12.5. The van der Waals surface area contributed by atoms with E-state index < -0.39 is 19.9 Å². The van der Waals surface area contributed by atoms with Crippen LogP contribution in [0.3, 0.4) is 0 Å². The van der Waals surface area contributed by atoms with Gasteiger partial charge in [-0.2, -0.15) is 0 Å². The van der Waals surface area contributed by atoms with Gasteiger partial charge in [-0.3, -0.25) is 4.72 Å². The standard InChI is InChI=1S/C16H19NO4S2/c1-12(2)15-9-4-5-10-16(15)17-23(20,21)14-8-6-7-13(11-14)22(3,18)19/h4-12,17H,1-3H3. The van der Waals surface area contributed by atoms with Crippen molar-refractivity contribution in [2.45, 2.75) is 29.6 Å². The highest BCUT2D eigenvalue weighted by Gasteiger charge is 2.19. The molecule has 5 nitrogen and oxygen atoms in total. The molecule has 0 saturated carbocycles. The number of benzene rings is 2. The van der Waals surface area contributed by atoms with Crippen molar-refractivity contribution in [2.24, 2.45) is 0 Å². The fourth-order valence-electron chi connectivity index (χ4n) is 2.17. The third kappa shape index (κ3) is 4.11. The normalized spacial score (nSPS) is 12.3. The summed E-state index contributed by atoms with van der Waals surface area (Å²) >= 11 is 0. The fraction of sp³-hybridized carbons (Fsp3) is 0.250. The highest BCUT2D eigenvalue weighted by molar-refractivity contribution is 7.93. The number of sulfonamides is 1. The van der Waals surface area contributed by atoms with Crippen molar-refractivity contribution in [3.8, 4) is 0 Å². The average Bonchev–Trinajstić information content (AvgIpc) is 2.46. The molecule has 0 unspecified atom stereocenters. The lowest BCUT2D eigenvalue weighted by Crippen LogP contribution is -2.15. The maximum Gasteiger partial charge on any atom is 0.261 e. The Morgan fingerprint density at radius 2 is 1.48 bits per heavy atom. The van der Waals surface area contributed by atoms with Crippen LogP contribution in [0, 0.1) is 0 Å². The van der Waals surface area contributed by atoms with Crippen molar-refractivity contribution in [1.82, 2.24) is 0 Å². The Kier molecular flexibility index (Phi) is 4.81. The van der Waals surface area contributed by atoms with Gasteiger partial charge >= 0.3 is 0 Å². The molecule has 0 atom stereocenters. The first-order valence-electron chi connectivity index (χ1n) is 7.03. The van der Waals surface area contributed by atoms with E-state index in [1.807, 2.05) is 26.0 Å². The summed E-state index contributed by atoms with van der Waals surface area (Å²) in [6.45, 7) is 3.94. The van der Waals surface area contributed by atoms with Crippen LogP contribution in [0.1, 0.15) is 25.3 Å². The van der Waals surface area contributed by atoms with Crippen LogP contribution in [0.2, 0.25) is 0 Å². The smallest absolute Gasteiger partial charge is 0.261 e. The molecule has 1 N–H and O–H groups in total. The summed E-state index contributed by atoms with van der Waals surface area (Å²) < 4.78 is 50.8. The van der Waals surface area contributed by atoms with Gasteiger partial charge in [-0.05, 0) is 35.7 Å². The molecule has 0 heterocycles. The van der Waals surface area contributed by atoms with Crippen LogP contribution in [-0.2, 0) is 19.9 Å². The van der Waals surface area contributed by atoms with E-state index >= 15 is 0 Å². The van der Waals surface area contributed by atoms with Crippen molar-refractivity contribution < 1.29 is 16.8 Å². The maximum absolute atomic E-state index is 12.5. The van der Waals surface area contributed by atoms with Gasteiger partial charge in [-0.25, -0.2) is 16.8 Å². The Bertz CT molecular complexity index is 917. The van der Waals surface area contributed by atoms with Gasteiger partial charge in [0.05, 0.1) is 15.5 Å². The largest absolute Gasteiger partial charge is 0.279 e.